The normalized spacial score (nSPS) is 12.4. The highest BCUT2D eigenvalue weighted by molar-refractivity contribution is 5.73. The number of rotatable bonds is 5. The van der Waals surface area contributed by atoms with Crippen LogP contribution in [0.3, 0.4) is 0 Å². The molecule has 88 valence electrons. The highest BCUT2D eigenvalue weighted by atomic mass is 19.1. The predicted octanol–water partition coefficient (Wildman–Crippen LogP) is 0.926. The van der Waals surface area contributed by atoms with E-state index in [4.69, 9.17) is 15.6 Å². The largest absolute Gasteiger partial charge is 0.480 e. The van der Waals surface area contributed by atoms with Crippen molar-refractivity contribution >= 4 is 5.97 Å². The Morgan fingerprint density at radius 3 is 2.88 bits per heavy atom. The van der Waals surface area contributed by atoms with E-state index in [1.807, 2.05) is 0 Å². The van der Waals surface area contributed by atoms with Gasteiger partial charge in [-0.05, 0) is 17.2 Å². The molecular formula is C11H14FNO3. The van der Waals surface area contributed by atoms with Crippen LogP contribution in [0.1, 0.15) is 11.1 Å². The summed E-state index contributed by atoms with van der Waals surface area (Å²) in [4.78, 5) is 10.6. The maximum atomic E-state index is 13.3. The van der Waals surface area contributed by atoms with Crippen molar-refractivity contribution in [3.8, 4) is 0 Å². The van der Waals surface area contributed by atoms with E-state index in [1.165, 1.54) is 13.2 Å². The molecule has 1 unspecified atom stereocenters. The third-order valence-corrected chi connectivity index (χ3v) is 2.18. The number of halogens is 1. The Labute approximate surface area is 92.8 Å². The lowest BCUT2D eigenvalue weighted by atomic mass is 10.0. The minimum absolute atomic E-state index is 0.0290. The van der Waals surface area contributed by atoms with Gasteiger partial charge in [0.1, 0.15) is 11.9 Å². The standard InChI is InChI=1S/C11H14FNO3/c1-16-6-7-2-3-9(12)8(4-7)5-10(13)11(14)15/h2-4,10H,5-6,13H2,1H3,(H,14,15). The Morgan fingerprint density at radius 2 is 2.31 bits per heavy atom. The summed E-state index contributed by atoms with van der Waals surface area (Å²) >= 11 is 0. The molecule has 1 rings (SSSR count). The highest BCUT2D eigenvalue weighted by Crippen LogP contribution is 2.13. The number of benzene rings is 1. The van der Waals surface area contributed by atoms with Crippen LogP contribution in [0, 0.1) is 5.82 Å². The molecule has 0 amide bonds. The lowest BCUT2D eigenvalue weighted by molar-refractivity contribution is -0.138. The Bertz CT molecular complexity index is 381. The first kappa shape index (κ1) is 12.6. The summed E-state index contributed by atoms with van der Waals surface area (Å²) in [6.45, 7) is 0.357. The van der Waals surface area contributed by atoms with E-state index in [0.29, 0.717) is 12.2 Å². The zero-order valence-corrected chi connectivity index (χ0v) is 8.94. The fourth-order valence-corrected chi connectivity index (χ4v) is 1.37. The van der Waals surface area contributed by atoms with Crippen LogP contribution < -0.4 is 5.73 Å². The molecule has 0 aliphatic heterocycles. The van der Waals surface area contributed by atoms with E-state index in [1.54, 1.807) is 12.1 Å². The number of hydrogen-bond donors (Lipinski definition) is 2. The monoisotopic (exact) mass is 227 g/mol. The Hall–Kier alpha value is -1.46. The van der Waals surface area contributed by atoms with Crippen molar-refractivity contribution < 1.29 is 19.0 Å². The smallest absolute Gasteiger partial charge is 0.320 e. The second-order valence-electron chi connectivity index (χ2n) is 3.51. The SMILES string of the molecule is COCc1ccc(F)c(CC(N)C(=O)O)c1. The van der Waals surface area contributed by atoms with Crippen LogP contribution >= 0.6 is 0 Å². The van der Waals surface area contributed by atoms with E-state index in [-0.39, 0.29) is 6.42 Å². The van der Waals surface area contributed by atoms with Gasteiger partial charge in [0.15, 0.2) is 0 Å². The molecule has 5 heteroatoms. The van der Waals surface area contributed by atoms with Gasteiger partial charge in [0.25, 0.3) is 0 Å². The van der Waals surface area contributed by atoms with Gasteiger partial charge in [0.05, 0.1) is 6.61 Å². The molecule has 0 bridgehead atoms. The van der Waals surface area contributed by atoms with Crippen molar-refractivity contribution in [3.63, 3.8) is 0 Å². The van der Waals surface area contributed by atoms with Gasteiger partial charge in [0, 0.05) is 13.5 Å². The van der Waals surface area contributed by atoms with Crippen LogP contribution in [0.2, 0.25) is 0 Å². The molecule has 1 aromatic carbocycles. The second kappa shape index (κ2) is 5.58. The summed E-state index contributed by atoms with van der Waals surface area (Å²) in [5.74, 6) is -1.59. The molecule has 0 aliphatic rings. The van der Waals surface area contributed by atoms with Crippen molar-refractivity contribution in [2.45, 2.75) is 19.1 Å². The van der Waals surface area contributed by atoms with Crippen LogP contribution in [0.15, 0.2) is 18.2 Å². The van der Waals surface area contributed by atoms with Crippen LogP contribution in [-0.4, -0.2) is 24.2 Å². The highest BCUT2D eigenvalue weighted by Gasteiger charge is 2.15. The van der Waals surface area contributed by atoms with E-state index in [0.717, 1.165) is 5.56 Å². The summed E-state index contributed by atoms with van der Waals surface area (Å²) in [7, 11) is 1.53. The fraction of sp³-hybridized carbons (Fsp3) is 0.364. The maximum Gasteiger partial charge on any atom is 0.320 e. The molecule has 4 nitrogen and oxygen atoms in total. The molecule has 1 aromatic rings. The van der Waals surface area contributed by atoms with Gasteiger partial charge in [0.2, 0.25) is 0 Å². The van der Waals surface area contributed by atoms with Crippen molar-refractivity contribution in [2.24, 2.45) is 5.73 Å². The predicted molar refractivity (Wildman–Crippen MR) is 56.4 cm³/mol. The Kier molecular flexibility index (Phi) is 4.39. The molecule has 0 aromatic heterocycles. The van der Waals surface area contributed by atoms with Crippen molar-refractivity contribution in [2.75, 3.05) is 7.11 Å². The summed E-state index contributed by atoms with van der Waals surface area (Å²) in [6.07, 6.45) is -0.0290. The number of carbonyl (C=O) groups is 1. The number of carboxylic acid groups (broad SMARTS) is 1. The van der Waals surface area contributed by atoms with E-state index in [9.17, 15) is 9.18 Å². The third-order valence-electron chi connectivity index (χ3n) is 2.18. The number of methoxy groups -OCH3 is 1. The average Bonchev–Trinajstić information content (AvgIpc) is 2.23. The topological polar surface area (TPSA) is 72.5 Å². The van der Waals surface area contributed by atoms with Gasteiger partial charge < -0.3 is 15.6 Å². The molecule has 16 heavy (non-hydrogen) atoms. The molecule has 1 atom stereocenters. The molecule has 0 fully saturated rings. The molecule has 0 aliphatic carbocycles. The van der Waals surface area contributed by atoms with Crippen molar-refractivity contribution in [1.29, 1.82) is 0 Å². The maximum absolute atomic E-state index is 13.3. The lowest BCUT2D eigenvalue weighted by Gasteiger charge is -2.09. The first-order valence-electron chi connectivity index (χ1n) is 4.79. The minimum atomic E-state index is -1.14. The lowest BCUT2D eigenvalue weighted by Crippen LogP contribution is -2.32. The van der Waals surface area contributed by atoms with Crippen LogP contribution in [-0.2, 0) is 22.6 Å². The molecule has 0 radical (unpaired) electrons. The molecule has 0 saturated heterocycles. The van der Waals surface area contributed by atoms with Crippen molar-refractivity contribution in [1.82, 2.24) is 0 Å². The van der Waals surface area contributed by atoms with Crippen LogP contribution in [0.4, 0.5) is 4.39 Å². The number of carboxylic acids is 1. The average molecular weight is 227 g/mol. The molecule has 0 saturated carbocycles. The summed E-state index contributed by atoms with van der Waals surface area (Å²) in [5.41, 5.74) is 6.43. The first-order chi connectivity index (χ1) is 7.54. The van der Waals surface area contributed by atoms with Crippen LogP contribution in [0.25, 0.3) is 0 Å². The molecular weight excluding hydrogens is 213 g/mol. The zero-order chi connectivity index (χ0) is 12.1. The minimum Gasteiger partial charge on any atom is -0.480 e. The fourth-order valence-electron chi connectivity index (χ4n) is 1.37. The van der Waals surface area contributed by atoms with Gasteiger partial charge >= 0.3 is 5.97 Å². The van der Waals surface area contributed by atoms with E-state index >= 15 is 0 Å². The number of ether oxygens (including phenoxy) is 1. The summed E-state index contributed by atoms with van der Waals surface area (Å²) in [5, 5.41) is 8.63. The second-order valence-corrected chi connectivity index (χ2v) is 3.51. The van der Waals surface area contributed by atoms with Gasteiger partial charge in [-0.2, -0.15) is 0 Å². The summed E-state index contributed by atoms with van der Waals surface area (Å²) < 4.78 is 18.2. The van der Waals surface area contributed by atoms with Crippen LogP contribution in [0.5, 0.6) is 0 Å². The van der Waals surface area contributed by atoms with Gasteiger partial charge in [-0.1, -0.05) is 12.1 Å². The molecule has 0 spiro atoms. The quantitative estimate of drug-likeness (QED) is 0.784. The first-order valence-corrected chi connectivity index (χ1v) is 4.79. The number of nitrogens with two attached hydrogens (primary N) is 1. The van der Waals surface area contributed by atoms with Gasteiger partial charge in [-0.25, -0.2) is 4.39 Å². The van der Waals surface area contributed by atoms with Gasteiger partial charge in [-0.3, -0.25) is 4.79 Å². The zero-order valence-electron chi connectivity index (χ0n) is 8.94. The number of aliphatic carboxylic acids is 1. The molecule has 3 N–H and O–H groups in total. The van der Waals surface area contributed by atoms with E-state index in [2.05, 4.69) is 0 Å². The molecule has 0 heterocycles. The third kappa shape index (κ3) is 3.29. The van der Waals surface area contributed by atoms with Crippen molar-refractivity contribution in [3.05, 3.63) is 35.1 Å². The van der Waals surface area contributed by atoms with E-state index < -0.39 is 17.8 Å². The number of hydrogen-bond acceptors (Lipinski definition) is 3. The summed E-state index contributed by atoms with van der Waals surface area (Å²) in [6, 6.07) is 3.36. The van der Waals surface area contributed by atoms with Gasteiger partial charge in [-0.15, -0.1) is 0 Å². The Morgan fingerprint density at radius 1 is 1.62 bits per heavy atom. The Balaban J connectivity index is 2.85.